The lowest BCUT2D eigenvalue weighted by Gasteiger charge is -2.32. The number of fused-ring (bicyclic) bond motifs is 1. The molecule has 1 atom stereocenters. The Morgan fingerprint density at radius 2 is 1.84 bits per heavy atom. The van der Waals surface area contributed by atoms with Crippen molar-refractivity contribution in [1.29, 1.82) is 0 Å². The van der Waals surface area contributed by atoms with E-state index in [1.165, 1.54) is 19.1 Å². The quantitative estimate of drug-likeness (QED) is 0.929. The number of carbonyl (C=O) groups excluding carboxylic acids is 2. The molecule has 25 heavy (non-hydrogen) atoms. The minimum absolute atomic E-state index is 0.109. The SMILES string of the molecule is CC(=O)N1C=Cc2ccccc2C1CC(=O)NCc1ccc(F)cc1. The predicted molar refractivity (Wildman–Crippen MR) is 93.6 cm³/mol. The Hall–Kier alpha value is -2.95. The zero-order chi connectivity index (χ0) is 17.8. The monoisotopic (exact) mass is 338 g/mol. The molecule has 0 fully saturated rings. The van der Waals surface area contributed by atoms with Crippen molar-refractivity contribution in [2.45, 2.75) is 25.9 Å². The molecule has 4 nitrogen and oxygen atoms in total. The normalized spacial score (nSPS) is 15.6. The number of nitrogens with zero attached hydrogens (tertiary/aromatic N) is 1. The maximum Gasteiger partial charge on any atom is 0.223 e. The second-order valence-corrected chi connectivity index (χ2v) is 5.99. The number of rotatable bonds is 4. The van der Waals surface area contributed by atoms with Gasteiger partial charge in [0.05, 0.1) is 12.5 Å². The molecular formula is C20H19FN2O2. The highest BCUT2D eigenvalue weighted by molar-refractivity contribution is 5.81. The molecule has 0 spiro atoms. The molecule has 0 radical (unpaired) electrons. The highest BCUT2D eigenvalue weighted by atomic mass is 19.1. The van der Waals surface area contributed by atoms with Crippen molar-refractivity contribution < 1.29 is 14.0 Å². The lowest BCUT2D eigenvalue weighted by molar-refractivity contribution is -0.130. The van der Waals surface area contributed by atoms with E-state index < -0.39 is 0 Å². The molecule has 5 heteroatoms. The molecule has 1 aliphatic heterocycles. The third-order valence-corrected chi connectivity index (χ3v) is 4.25. The minimum atomic E-state index is -0.327. The number of hydrogen-bond donors (Lipinski definition) is 1. The molecule has 1 aliphatic rings. The summed E-state index contributed by atoms with van der Waals surface area (Å²) in [7, 11) is 0. The second-order valence-electron chi connectivity index (χ2n) is 5.99. The first-order valence-corrected chi connectivity index (χ1v) is 8.12. The Labute approximate surface area is 146 Å². The summed E-state index contributed by atoms with van der Waals surface area (Å²) < 4.78 is 12.9. The van der Waals surface area contributed by atoms with Crippen molar-refractivity contribution in [2.24, 2.45) is 0 Å². The van der Waals surface area contributed by atoms with Crippen LogP contribution in [0.15, 0.2) is 54.7 Å². The standard InChI is InChI=1S/C20H19FN2O2/c1-14(24)23-11-10-16-4-2-3-5-18(16)19(23)12-20(25)22-13-15-6-8-17(21)9-7-15/h2-11,19H,12-13H2,1H3,(H,22,25). The van der Waals surface area contributed by atoms with Gasteiger partial charge in [-0.1, -0.05) is 36.4 Å². The zero-order valence-electron chi connectivity index (χ0n) is 13.9. The summed E-state index contributed by atoms with van der Waals surface area (Å²) in [6.45, 7) is 1.81. The number of halogens is 1. The van der Waals surface area contributed by atoms with Gasteiger partial charge in [-0.05, 0) is 34.9 Å². The molecule has 2 amide bonds. The van der Waals surface area contributed by atoms with Crippen LogP contribution < -0.4 is 5.32 Å². The highest BCUT2D eigenvalue weighted by Crippen LogP contribution is 2.32. The first-order valence-electron chi connectivity index (χ1n) is 8.12. The van der Waals surface area contributed by atoms with Crippen LogP contribution in [0.5, 0.6) is 0 Å². The van der Waals surface area contributed by atoms with Gasteiger partial charge < -0.3 is 10.2 Å². The fraction of sp³-hybridized carbons (Fsp3) is 0.200. The smallest absolute Gasteiger partial charge is 0.223 e. The summed E-state index contributed by atoms with van der Waals surface area (Å²) in [6.07, 6.45) is 3.77. The van der Waals surface area contributed by atoms with Gasteiger partial charge in [0, 0.05) is 19.7 Å². The van der Waals surface area contributed by atoms with Crippen molar-refractivity contribution in [3.05, 3.63) is 77.2 Å². The number of amides is 2. The van der Waals surface area contributed by atoms with Gasteiger partial charge in [0.15, 0.2) is 0 Å². The van der Waals surface area contributed by atoms with Crippen molar-refractivity contribution >= 4 is 17.9 Å². The van der Waals surface area contributed by atoms with E-state index in [0.717, 1.165) is 16.7 Å². The van der Waals surface area contributed by atoms with Crippen LogP contribution in [0, 0.1) is 5.82 Å². The molecule has 2 aromatic rings. The lowest BCUT2D eigenvalue weighted by Crippen LogP contribution is -2.35. The summed E-state index contributed by atoms with van der Waals surface area (Å²) >= 11 is 0. The van der Waals surface area contributed by atoms with Gasteiger partial charge in [-0.15, -0.1) is 0 Å². The molecule has 0 saturated carbocycles. The van der Waals surface area contributed by atoms with Gasteiger partial charge in [-0.25, -0.2) is 4.39 Å². The summed E-state index contributed by atoms with van der Waals surface area (Å²) in [5, 5.41) is 2.83. The van der Waals surface area contributed by atoms with Gasteiger partial charge in [0.25, 0.3) is 0 Å². The zero-order valence-corrected chi connectivity index (χ0v) is 13.9. The van der Waals surface area contributed by atoms with Gasteiger partial charge >= 0.3 is 0 Å². The van der Waals surface area contributed by atoms with E-state index in [2.05, 4.69) is 5.32 Å². The minimum Gasteiger partial charge on any atom is -0.352 e. The first kappa shape index (κ1) is 16.9. The van der Waals surface area contributed by atoms with Crippen LogP contribution >= 0.6 is 0 Å². The summed E-state index contributed by atoms with van der Waals surface area (Å²) in [4.78, 5) is 25.9. The van der Waals surface area contributed by atoms with E-state index >= 15 is 0 Å². The Morgan fingerprint density at radius 3 is 2.56 bits per heavy atom. The van der Waals surface area contributed by atoms with Crippen LogP contribution in [0.3, 0.4) is 0 Å². The fourth-order valence-electron chi connectivity index (χ4n) is 2.96. The lowest BCUT2D eigenvalue weighted by atomic mass is 9.93. The van der Waals surface area contributed by atoms with Crippen LogP contribution in [-0.2, 0) is 16.1 Å². The highest BCUT2D eigenvalue weighted by Gasteiger charge is 2.27. The summed E-state index contributed by atoms with van der Waals surface area (Å²) in [5.41, 5.74) is 2.79. The molecule has 0 aliphatic carbocycles. The Bertz CT molecular complexity index is 815. The maximum absolute atomic E-state index is 12.9. The van der Waals surface area contributed by atoms with E-state index in [1.54, 1.807) is 23.2 Å². The average Bonchev–Trinajstić information content (AvgIpc) is 2.61. The largest absolute Gasteiger partial charge is 0.352 e. The number of carbonyl (C=O) groups is 2. The van der Waals surface area contributed by atoms with Gasteiger partial charge in [0.2, 0.25) is 11.8 Å². The molecule has 1 N–H and O–H groups in total. The third kappa shape index (κ3) is 3.94. The maximum atomic E-state index is 12.9. The number of hydrogen-bond acceptors (Lipinski definition) is 2. The van der Waals surface area contributed by atoms with E-state index in [1.807, 2.05) is 30.3 Å². The van der Waals surface area contributed by atoms with Gasteiger partial charge in [-0.3, -0.25) is 9.59 Å². The molecule has 0 bridgehead atoms. The number of benzene rings is 2. The average molecular weight is 338 g/mol. The molecule has 2 aromatic carbocycles. The van der Waals surface area contributed by atoms with E-state index in [9.17, 15) is 14.0 Å². The van der Waals surface area contributed by atoms with Crippen molar-refractivity contribution in [1.82, 2.24) is 10.2 Å². The second kappa shape index (κ2) is 7.30. The Kier molecular flexibility index (Phi) is 4.93. The molecular weight excluding hydrogens is 319 g/mol. The van der Waals surface area contributed by atoms with Crippen LogP contribution in [-0.4, -0.2) is 16.7 Å². The van der Waals surface area contributed by atoms with Crippen LogP contribution in [0.2, 0.25) is 0 Å². The van der Waals surface area contributed by atoms with Gasteiger partial charge in [-0.2, -0.15) is 0 Å². The molecule has 1 unspecified atom stereocenters. The predicted octanol–water partition coefficient (Wildman–Crippen LogP) is 3.41. The van der Waals surface area contributed by atoms with Crippen molar-refractivity contribution in [3.8, 4) is 0 Å². The molecule has 0 saturated heterocycles. The van der Waals surface area contributed by atoms with Crippen molar-refractivity contribution in [3.63, 3.8) is 0 Å². The number of nitrogens with one attached hydrogen (secondary N) is 1. The van der Waals surface area contributed by atoms with Crippen LogP contribution in [0.1, 0.15) is 36.1 Å². The Balaban J connectivity index is 1.70. The molecule has 0 aromatic heterocycles. The fourth-order valence-corrected chi connectivity index (χ4v) is 2.96. The van der Waals surface area contributed by atoms with E-state index in [0.29, 0.717) is 6.54 Å². The first-order chi connectivity index (χ1) is 12.0. The van der Waals surface area contributed by atoms with Gasteiger partial charge in [0.1, 0.15) is 5.82 Å². The third-order valence-electron chi connectivity index (χ3n) is 4.25. The van der Waals surface area contributed by atoms with E-state index in [4.69, 9.17) is 0 Å². The summed E-state index contributed by atoms with van der Waals surface area (Å²) in [5.74, 6) is -0.578. The Morgan fingerprint density at radius 1 is 1.12 bits per heavy atom. The van der Waals surface area contributed by atoms with Crippen LogP contribution in [0.4, 0.5) is 4.39 Å². The molecule has 1 heterocycles. The summed E-state index contributed by atoms with van der Waals surface area (Å²) in [6, 6.07) is 13.4. The van der Waals surface area contributed by atoms with Crippen molar-refractivity contribution in [2.75, 3.05) is 0 Å². The molecule has 128 valence electrons. The molecule has 3 rings (SSSR count). The van der Waals surface area contributed by atoms with Crippen LogP contribution in [0.25, 0.3) is 6.08 Å². The van der Waals surface area contributed by atoms with E-state index in [-0.39, 0.29) is 30.1 Å². The topological polar surface area (TPSA) is 49.4 Å².